The van der Waals surface area contributed by atoms with Gasteiger partial charge in [-0.25, -0.2) is 4.98 Å². The zero-order chi connectivity index (χ0) is 15.4. The molecule has 0 fully saturated rings. The molecule has 0 aromatic carbocycles. The Bertz CT molecular complexity index is 602. The topological polar surface area (TPSA) is 37.8 Å². The van der Waals surface area contributed by atoms with Crippen LogP contribution in [0.4, 0.5) is 0 Å². The molecule has 2 aromatic rings. The van der Waals surface area contributed by atoms with Gasteiger partial charge in [0, 0.05) is 17.6 Å². The van der Waals surface area contributed by atoms with E-state index in [1.54, 1.807) is 11.3 Å². The Kier molecular flexibility index (Phi) is 5.48. The Morgan fingerprint density at radius 3 is 2.67 bits per heavy atom. The van der Waals surface area contributed by atoms with Crippen molar-refractivity contribution < 1.29 is 0 Å². The van der Waals surface area contributed by atoms with Gasteiger partial charge in [-0.2, -0.15) is 0 Å². The number of aryl methyl sites for hydroxylation is 3. The van der Waals surface area contributed by atoms with Gasteiger partial charge in [-0.05, 0) is 43.9 Å². The molecule has 2 rings (SSSR count). The Morgan fingerprint density at radius 1 is 1.29 bits per heavy atom. The normalized spacial score (nSPS) is 11.3. The number of rotatable bonds is 6. The van der Waals surface area contributed by atoms with Crippen molar-refractivity contribution in [3.05, 3.63) is 34.0 Å². The van der Waals surface area contributed by atoms with Crippen LogP contribution in [0, 0.1) is 19.8 Å². The average Bonchev–Trinajstić information content (AvgIpc) is 2.81. The maximum atomic E-state index is 4.80. The molecule has 3 nitrogen and oxygen atoms in total. The molecule has 0 aliphatic carbocycles. The summed E-state index contributed by atoms with van der Waals surface area (Å²) in [6.45, 7) is 12.8. The number of hydrogen-bond donors (Lipinski definition) is 1. The second-order valence-corrected chi connectivity index (χ2v) is 7.03. The van der Waals surface area contributed by atoms with Gasteiger partial charge >= 0.3 is 0 Å². The lowest BCUT2D eigenvalue weighted by Crippen LogP contribution is -2.18. The van der Waals surface area contributed by atoms with Crippen molar-refractivity contribution >= 4 is 11.3 Å². The van der Waals surface area contributed by atoms with E-state index in [9.17, 15) is 0 Å². The van der Waals surface area contributed by atoms with E-state index in [1.165, 1.54) is 21.7 Å². The second-order valence-electron chi connectivity index (χ2n) is 5.95. The van der Waals surface area contributed by atoms with Gasteiger partial charge in [0.25, 0.3) is 0 Å². The molecule has 0 saturated carbocycles. The fraction of sp³-hybridized carbons (Fsp3) is 0.529. The zero-order valence-corrected chi connectivity index (χ0v) is 14.5. The van der Waals surface area contributed by atoms with Crippen molar-refractivity contribution in [1.82, 2.24) is 15.3 Å². The van der Waals surface area contributed by atoms with Crippen LogP contribution in [-0.2, 0) is 13.0 Å². The summed E-state index contributed by atoms with van der Waals surface area (Å²) in [5.74, 6) is 0.670. The lowest BCUT2D eigenvalue weighted by Gasteiger charge is -2.06. The van der Waals surface area contributed by atoms with Crippen molar-refractivity contribution in [2.75, 3.05) is 6.54 Å². The molecule has 21 heavy (non-hydrogen) atoms. The summed E-state index contributed by atoms with van der Waals surface area (Å²) >= 11 is 1.77. The number of pyridine rings is 1. The van der Waals surface area contributed by atoms with Gasteiger partial charge in [-0.1, -0.05) is 26.8 Å². The van der Waals surface area contributed by atoms with E-state index in [4.69, 9.17) is 4.98 Å². The number of hydrogen-bond acceptors (Lipinski definition) is 4. The van der Waals surface area contributed by atoms with Crippen molar-refractivity contribution in [1.29, 1.82) is 0 Å². The van der Waals surface area contributed by atoms with E-state index < -0.39 is 0 Å². The highest BCUT2D eigenvalue weighted by atomic mass is 32.1. The van der Waals surface area contributed by atoms with E-state index in [-0.39, 0.29) is 0 Å². The maximum Gasteiger partial charge on any atom is 0.142 e. The maximum absolute atomic E-state index is 4.80. The fourth-order valence-electron chi connectivity index (χ4n) is 2.31. The van der Waals surface area contributed by atoms with Crippen LogP contribution in [0.25, 0.3) is 10.7 Å². The molecule has 0 aliphatic rings. The fourth-order valence-corrected chi connectivity index (χ4v) is 3.49. The molecule has 0 spiro atoms. The predicted octanol–water partition coefficient (Wildman–Crippen LogP) is 4.13. The highest BCUT2D eigenvalue weighted by Crippen LogP contribution is 2.29. The molecule has 4 heteroatoms. The minimum Gasteiger partial charge on any atom is -0.312 e. The third-order valence-electron chi connectivity index (χ3n) is 3.37. The molecule has 2 heterocycles. The molecule has 0 bridgehead atoms. The summed E-state index contributed by atoms with van der Waals surface area (Å²) in [7, 11) is 0. The van der Waals surface area contributed by atoms with Gasteiger partial charge in [0.2, 0.25) is 0 Å². The first-order chi connectivity index (χ1) is 10.0. The highest BCUT2D eigenvalue weighted by molar-refractivity contribution is 7.15. The van der Waals surface area contributed by atoms with E-state index >= 15 is 0 Å². The molecule has 0 unspecified atom stereocenters. The smallest absolute Gasteiger partial charge is 0.142 e. The summed E-state index contributed by atoms with van der Waals surface area (Å²) in [5, 5.41) is 4.56. The summed E-state index contributed by atoms with van der Waals surface area (Å²) < 4.78 is 0. The third-order valence-corrected chi connectivity index (χ3v) is 4.47. The molecular formula is C17H25N3S. The largest absolute Gasteiger partial charge is 0.312 e. The Balaban J connectivity index is 2.23. The van der Waals surface area contributed by atoms with Gasteiger partial charge in [0.15, 0.2) is 0 Å². The Labute approximate surface area is 131 Å². The van der Waals surface area contributed by atoms with Crippen molar-refractivity contribution in [3.63, 3.8) is 0 Å². The number of thiazole rings is 1. The van der Waals surface area contributed by atoms with Crippen LogP contribution in [0.2, 0.25) is 0 Å². The molecule has 1 N–H and O–H groups in total. The standard InChI is InChI=1S/C17H25N3S/c1-6-14-15(10-18-8-11(2)3)21-17(20-14)16-13(5)7-12(4)9-19-16/h7,9,11,18H,6,8,10H2,1-5H3. The number of nitrogens with zero attached hydrogens (tertiary/aromatic N) is 2. The van der Waals surface area contributed by atoms with Gasteiger partial charge in [-0.15, -0.1) is 11.3 Å². The van der Waals surface area contributed by atoms with Crippen LogP contribution in [0.5, 0.6) is 0 Å². The van der Waals surface area contributed by atoms with E-state index in [0.717, 1.165) is 30.2 Å². The van der Waals surface area contributed by atoms with Crippen LogP contribution in [0.3, 0.4) is 0 Å². The van der Waals surface area contributed by atoms with Crippen LogP contribution in [-0.4, -0.2) is 16.5 Å². The molecule has 114 valence electrons. The predicted molar refractivity (Wildman–Crippen MR) is 90.7 cm³/mol. The lowest BCUT2D eigenvalue weighted by atomic mass is 10.2. The monoisotopic (exact) mass is 303 g/mol. The van der Waals surface area contributed by atoms with Crippen molar-refractivity contribution in [3.8, 4) is 10.7 Å². The Hall–Kier alpha value is -1.26. The minimum atomic E-state index is 0.670. The summed E-state index contributed by atoms with van der Waals surface area (Å²) in [5.41, 5.74) is 4.62. The average molecular weight is 303 g/mol. The first kappa shape index (κ1) is 16.1. The molecule has 0 amide bonds. The molecule has 0 saturated heterocycles. The first-order valence-corrected chi connectivity index (χ1v) is 8.45. The number of nitrogens with one attached hydrogen (secondary N) is 1. The molecule has 0 aliphatic heterocycles. The SMILES string of the molecule is CCc1nc(-c2ncc(C)cc2C)sc1CNCC(C)C. The van der Waals surface area contributed by atoms with Crippen molar-refractivity contribution in [2.45, 2.75) is 47.6 Å². The van der Waals surface area contributed by atoms with Gasteiger partial charge in [-0.3, -0.25) is 4.98 Å². The summed E-state index contributed by atoms with van der Waals surface area (Å²) in [6.07, 6.45) is 2.89. The Morgan fingerprint density at radius 2 is 2.05 bits per heavy atom. The minimum absolute atomic E-state index is 0.670. The second kappa shape index (κ2) is 7.14. The van der Waals surface area contributed by atoms with Crippen LogP contribution in [0.1, 0.15) is 42.5 Å². The van der Waals surface area contributed by atoms with E-state index in [1.807, 2.05) is 6.20 Å². The van der Waals surface area contributed by atoms with Crippen LogP contribution < -0.4 is 5.32 Å². The lowest BCUT2D eigenvalue weighted by molar-refractivity contribution is 0.553. The van der Waals surface area contributed by atoms with Crippen LogP contribution in [0.15, 0.2) is 12.3 Å². The quantitative estimate of drug-likeness (QED) is 0.872. The van der Waals surface area contributed by atoms with Gasteiger partial charge in [0.1, 0.15) is 10.7 Å². The van der Waals surface area contributed by atoms with Crippen molar-refractivity contribution in [2.24, 2.45) is 5.92 Å². The third kappa shape index (κ3) is 4.11. The molecule has 0 radical (unpaired) electrons. The van der Waals surface area contributed by atoms with E-state index in [0.29, 0.717) is 5.92 Å². The summed E-state index contributed by atoms with van der Waals surface area (Å²) in [6, 6.07) is 2.17. The zero-order valence-electron chi connectivity index (χ0n) is 13.7. The molecule has 0 atom stereocenters. The highest BCUT2D eigenvalue weighted by Gasteiger charge is 2.14. The molecular weight excluding hydrogens is 278 g/mol. The van der Waals surface area contributed by atoms with Gasteiger partial charge in [0.05, 0.1) is 5.69 Å². The van der Waals surface area contributed by atoms with Crippen LogP contribution >= 0.6 is 11.3 Å². The summed E-state index contributed by atoms with van der Waals surface area (Å²) in [4.78, 5) is 10.7. The van der Waals surface area contributed by atoms with Gasteiger partial charge < -0.3 is 5.32 Å². The first-order valence-electron chi connectivity index (χ1n) is 7.64. The van der Waals surface area contributed by atoms with E-state index in [2.05, 4.69) is 51.0 Å². The number of aromatic nitrogens is 2. The molecule has 2 aromatic heterocycles.